The summed E-state index contributed by atoms with van der Waals surface area (Å²) in [5.41, 5.74) is 5.14. The van der Waals surface area contributed by atoms with E-state index in [2.05, 4.69) is 18.5 Å². The first-order chi connectivity index (χ1) is 6.07. The molecule has 3 nitrogen and oxygen atoms in total. The van der Waals surface area contributed by atoms with Gasteiger partial charge < -0.3 is 11.1 Å². The zero-order valence-electron chi connectivity index (χ0n) is 8.67. The highest BCUT2D eigenvalue weighted by atomic mass is 32.2. The highest BCUT2D eigenvalue weighted by Gasteiger charge is 2.09. The number of thioether (sulfide) groups is 1. The predicted molar refractivity (Wildman–Crippen MR) is 58.8 cm³/mol. The van der Waals surface area contributed by atoms with Crippen LogP contribution in [0.1, 0.15) is 20.3 Å². The predicted octanol–water partition coefficient (Wildman–Crippen LogP) is 0.839. The molecule has 3 N–H and O–H groups in total. The maximum Gasteiger partial charge on any atom is 0.221 e. The van der Waals surface area contributed by atoms with Crippen molar-refractivity contribution in [3.05, 3.63) is 0 Å². The minimum atomic E-state index is -0.232. The molecular weight excluding hydrogens is 184 g/mol. The number of amides is 1. The summed E-state index contributed by atoms with van der Waals surface area (Å²) in [6.45, 7) is 4.66. The van der Waals surface area contributed by atoms with Gasteiger partial charge in [0.15, 0.2) is 0 Å². The maximum atomic E-state index is 10.7. The quantitative estimate of drug-likeness (QED) is 0.646. The molecule has 0 saturated carbocycles. The Morgan fingerprint density at radius 3 is 2.62 bits per heavy atom. The third kappa shape index (κ3) is 6.90. The van der Waals surface area contributed by atoms with Crippen molar-refractivity contribution in [3.8, 4) is 0 Å². The first-order valence-electron chi connectivity index (χ1n) is 4.59. The highest BCUT2D eigenvalue weighted by molar-refractivity contribution is 7.98. The lowest BCUT2D eigenvalue weighted by Crippen LogP contribution is -2.35. The highest BCUT2D eigenvalue weighted by Crippen LogP contribution is 2.00. The second-order valence-electron chi connectivity index (χ2n) is 3.39. The monoisotopic (exact) mass is 204 g/mol. The van der Waals surface area contributed by atoms with Crippen LogP contribution in [0.4, 0.5) is 0 Å². The van der Waals surface area contributed by atoms with Gasteiger partial charge in [0.25, 0.3) is 0 Å². The van der Waals surface area contributed by atoms with Gasteiger partial charge in [-0.3, -0.25) is 4.79 Å². The van der Waals surface area contributed by atoms with Gasteiger partial charge in [0, 0.05) is 18.5 Å². The first-order valence-corrected chi connectivity index (χ1v) is 5.99. The second-order valence-corrected chi connectivity index (χ2v) is 4.38. The minimum absolute atomic E-state index is 0.0725. The first kappa shape index (κ1) is 12.8. The van der Waals surface area contributed by atoms with Gasteiger partial charge in [-0.05, 0) is 25.4 Å². The number of hydrogen-bond acceptors (Lipinski definition) is 3. The molecule has 0 aromatic rings. The van der Waals surface area contributed by atoms with E-state index in [1.807, 2.05) is 18.7 Å². The number of rotatable bonds is 7. The van der Waals surface area contributed by atoms with Crippen LogP contribution in [-0.2, 0) is 4.79 Å². The molecule has 2 atom stereocenters. The van der Waals surface area contributed by atoms with Gasteiger partial charge in [0.1, 0.15) is 0 Å². The second kappa shape index (κ2) is 7.21. The Hall–Kier alpha value is -0.220. The summed E-state index contributed by atoms with van der Waals surface area (Å²) in [4.78, 5) is 10.7. The molecule has 4 heteroatoms. The Labute approximate surface area is 84.8 Å². The van der Waals surface area contributed by atoms with Crippen molar-refractivity contribution < 1.29 is 4.79 Å². The summed E-state index contributed by atoms with van der Waals surface area (Å²) >= 11 is 1.84. The Bertz CT molecular complexity index is 153. The molecule has 0 aliphatic heterocycles. The van der Waals surface area contributed by atoms with Crippen LogP contribution in [0, 0.1) is 5.92 Å². The van der Waals surface area contributed by atoms with E-state index >= 15 is 0 Å². The Morgan fingerprint density at radius 2 is 2.15 bits per heavy atom. The van der Waals surface area contributed by atoms with E-state index in [1.165, 1.54) is 0 Å². The number of primary amides is 1. The van der Waals surface area contributed by atoms with Crippen LogP contribution in [0.15, 0.2) is 0 Å². The van der Waals surface area contributed by atoms with Crippen LogP contribution < -0.4 is 11.1 Å². The fourth-order valence-corrected chi connectivity index (χ4v) is 1.46. The van der Waals surface area contributed by atoms with Crippen molar-refractivity contribution in [3.63, 3.8) is 0 Å². The van der Waals surface area contributed by atoms with Crippen molar-refractivity contribution in [1.82, 2.24) is 5.32 Å². The molecule has 0 fully saturated rings. The van der Waals surface area contributed by atoms with Crippen molar-refractivity contribution in [1.29, 1.82) is 0 Å². The number of nitrogens with one attached hydrogen (secondary N) is 1. The van der Waals surface area contributed by atoms with Gasteiger partial charge in [0.2, 0.25) is 5.91 Å². The SMILES string of the molecule is CSCCC(C)NCC(C)C(N)=O. The standard InChI is InChI=1S/C9H20N2OS/c1-7(9(10)12)6-11-8(2)4-5-13-3/h7-8,11H,4-6H2,1-3H3,(H2,10,12). The summed E-state index contributed by atoms with van der Waals surface area (Å²) in [5, 5.41) is 3.28. The molecule has 2 unspecified atom stereocenters. The summed E-state index contributed by atoms with van der Waals surface area (Å²) in [6, 6.07) is 0.467. The van der Waals surface area contributed by atoms with Gasteiger partial charge in [-0.1, -0.05) is 6.92 Å². The summed E-state index contributed by atoms with van der Waals surface area (Å²) in [7, 11) is 0. The molecule has 0 saturated heterocycles. The van der Waals surface area contributed by atoms with Crippen molar-refractivity contribution in [2.45, 2.75) is 26.3 Å². The van der Waals surface area contributed by atoms with Gasteiger partial charge in [-0.25, -0.2) is 0 Å². The van der Waals surface area contributed by atoms with Crippen LogP contribution in [0.2, 0.25) is 0 Å². The third-order valence-corrected chi connectivity index (χ3v) is 2.66. The summed E-state index contributed by atoms with van der Waals surface area (Å²) in [6.07, 6.45) is 3.23. The zero-order valence-corrected chi connectivity index (χ0v) is 9.49. The number of nitrogens with two attached hydrogens (primary N) is 1. The van der Waals surface area contributed by atoms with E-state index < -0.39 is 0 Å². The van der Waals surface area contributed by atoms with E-state index in [4.69, 9.17) is 5.73 Å². The van der Waals surface area contributed by atoms with Crippen LogP contribution in [-0.4, -0.2) is 30.5 Å². The Morgan fingerprint density at radius 1 is 1.54 bits per heavy atom. The third-order valence-electron chi connectivity index (χ3n) is 2.01. The smallest absolute Gasteiger partial charge is 0.221 e. The molecule has 0 rings (SSSR count). The number of carbonyl (C=O) groups is 1. The zero-order chi connectivity index (χ0) is 10.3. The molecule has 13 heavy (non-hydrogen) atoms. The average molecular weight is 204 g/mol. The van der Waals surface area contributed by atoms with E-state index in [1.54, 1.807) is 0 Å². The Kier molecular flexibility index (Phi) is 7.09. The van der Waals surface area contributed by atoms with Gasteiger partial charge in [-0.15, -0.1) is 0 Å². The molecule has 78 valence electrons. The molecule has 0 aromatic heterocycles. The molecule has 0 bridgehead atoms. The van der Waals surface area contributed by atoms with E-state index in [-0.39, 0.29) is 11.8 Å². The minimum Gasteiger partial charge on any atom is -0.369 e. The van der Waals surface area contributed by atoms with Gasteiger partial charge in [0.05, 0.1) is 0 Å². The maximum absolute atomic E-state index is 10.7. The summed E-state index contributed by atoms with van der Waals surface area (Å²) in [5.74, 6) is 0.848. The van der Waals surface area contributed by atoms with Gasteiger partial charge >= 0.3 is 0 Å². The fraction of sp³-hybridized carbons (Fsp3) is 0.889. The lowest BCUT2D eigenvalue weighted by molar-refractivity contribution is -0.121. The van der Waals surface area contributed by atoms with Crippen LogP contribution in [0.25, 0.3) is 0 Å². The topological polar surface area (TPSA) is 55.1 Å². The Balaban J connectivity index is 3.45. The molecule has 0 radical (unpaired) electrons. The number of carbonyl (C=O) groups excluding carboxylic acids is 1. The molecule has 1 amide bonds. The fourth-order valence-electron chi connectivity index (χ4n) is 0.875. The van der Waals surface area contributed by atoms with Crippen molar-refractivity contribution in [2.75, 3.05) is 18.6 Å². The normalized spacial score (nSPS) is 15.3. The molecule has 0 spiro atoms. The lowest BCUT2D eigenvalue weighted by Gasteiger charge is -2.15. The van der Waals surface area contributed by atoms with Crippen molar-refractivity contribution >= 4 is 17.7 Å². The molecule has 0 heterocycles. The lowest BCUT2D eigenvalue weighted by atomic mass is 10.1. The van der Waals surface area contributed by atoms with Crippen LogP contribution >= 0.6 is 11.8 Å². The largest absolute Gasteiger partial charge is 0.369 e. The van der Waals surface area contributed by atoms with E-state index in [9.17, 15) is 4.79 Å². The molecular formula is C9H20N2OS. The molecule has 0 aromatic carbocycles. The van der Waals surface area contributed by atoms with E-state index in [0.717, 1.165) is 12.2 Å². The van der Waals surface area contributed by atoms with Crippen LogP contribution in [0.3, 0.4) is 0 Å². The average Bonchev–Trinajstić information content (AvgIpc) is 2.10. The molecule has 0 aliphatic rings. The van der Waals surface area contributed by atoms with Crippen molar-refractivity contribution in [2.24, 2.45) is 11.7 Å². The summed E-state index contributed by atoms with van der Waals surface area (Å²) < 4.78 is 0. The molecule has 0 aliphatic carbocycles. The van der Waals surface area contributed by atoms with Crippen LogP contribution in [0.5, 0.6) is 0 Å². The number of hydrogen-bond donors (Lipinski definition) is 2. The van der Waals surface area contributed by atoms with E-state index in [0.29, 0.717) is 12.6 Å². The van der Waals surface area contributed by atoms with Gasteiger partial charge in [-0.2, -0.15) is 11.8 Å².